The van der Waals surface area contributed by atoms with Crippen LogP contribution in [0, 0.1) is 6.92 Å². The number of nitrogens with one attached hydrogen (secondary N) is 1. The third-order valence-electron chi connectivity index (χ3n) is 5.30. The number of hydrogen-bond acceptors (Lipinski definition) is 7. The lowest BCUT2D eigenvalue weighted by Crippen LogP contribution is -2.15. The number of amides is 1. The topological polar surface area (TPSA) is 87.5 Å². The monoisotopic (exact) mass is 476 g/mol. The molecule has 0 saturated heterocycles. The second-order valence-electron chi connectivity index (χ2n) is 7.85. The zero-order valence-electron chi connectivity index (χ0n) is 18.9. The molecular weight excluding hydrogens is 452 g/mol. The van der Waals surface area contributed by atoms with Crippen molar-refractivity contribution in [2.75, 3.05) is 18.7 Å². The number of unbranched alkanes of at least 4 members (excludes halogenated alkanes) is 1. The average Bonchev–Trinajstić information content (AvgIpc) is 3.59. The second kappa shape index (κ2) is 9.56. The molecule has 5 rings (SSSR count). The van der Waals surface area contributed by atoms with Crippen molar-refractivity contribution in [1.29, 1.82) is 0 Å². The van der Waals surface area contributed by atoms with Gasteiger partial charge < -0.3 is 19.5 Å². The predicted molar refractivity (Wildman–Crippen MR) is 130 cm³/mol. The van der Waals surface area contributed by atoms with E-state index in [0.29, 0.717) is 28.9 Å². The summed E-state index contributed by atoms with van der Waals surface area (Å²) in [5, 5.41) is 10.1. The summed E-state index contributed by atoms with van der Waals surface area (Å²) in [4.78, 5) is 17.6. The van der Waals surface area contributed by atoms with E-state index in [0.717, 1.165) is 41.3 Å². The van der Waals surface area contributed by atoms with E-state index in [1.807, 2.05) is 48.7 Å². The van der Waals surface area contributed by atoms with Crippen molar-refractivity contribution in [2.24, 2.45) is 0 Å². The quantitative estimate of drug-likeness (QED) is 0.340. The summed E-state index contributed by atoms with van der Waals surface area (Å²) in [6.07, 6.45) is 2.07. The normalized spacial score (nSPS) is 12.1. The molecular formula is C25H24N4O4S. The molecule has 4 aromatic rings. The second-order valence-corrected chi connectivity index (χ2v) is 8.68. The highest BCUT2D eigenvalue weighted by atomic mass is 32.1. The highest BCUT2D eigenvalue weighted by molar-refractivity contribution is 7.12. The van der Waals surface area contributed by atoms with Gasteiger partial charge in [0.05, 0.1) is 18.0 Å². The molecule has 0 unspecified atom stereocenters. The molecule has 34 heavy (non-hydrogen) atoms. The van der Waals surface area contributed by atoms with E-state index in [4.69, 9.17) is 19.2 Å². The number of ether oxygens (including phenoxy) is 3. The van der Waals surface area contributed by atoms with Gasteiger partial charge in [-0.25, -0.2) is 4.98 Å². The zero-order chi connectivity index (χ0) is 23.5. The largest absolute Gasteiger partial charge is 0.494 e. The minimum atomic E-state index is -0.228. The minimum Gasteiger partial charge on any atom is -0.494 e. The smallest absolute Gasteiger partial charge is 0.256 e. The molecule has 1 aliphatic heterocycles. The highest BCUT2D eigenvalue weighted by Crippen LogP contribution is 2.36. The van der Waals surface area contributed by atoms with E-state index >= 15 is 0 Å². The van der Waals surface area contributed by atoms with E-state index in [9.17, 15) is 4.79 Å². The SMILES string of the molecule is CCCCOc1ccc(C(=O)Nc2cc(C)nn2-c2nc(-c3ccc4c(c3)OCO4)cs2)cc1. The van der Waals surface area contributed by atoms with Crippen molar-refractivity contribution >= 4 is 23.1 Å². The van der Waals surface area contributed by atoms with E-state index in [-0.39, 0.29) is 12.7 Å². The van der Waals surface area contributed by atoms with Gasteiger partial charge in [-0.15, -0.1) is 11.3 Å². The van der Waals surface area contributed by atoms with Crippen LogP contribution in [0.25, 0.3) is 16.4 Å². The average molecular weight is 477 g/mol. The van der Waals surface area contributed by atoms with Crippen LogP contribution in [0.2, 0.25) is 0 Å². The number of carbonyl (C=O) groups is 1. The number of carbonyl (C=O) groups excluding carboxylic acids is 1. The number of aromatic nitrogens is 3. The van der Waals surface area contributed by atoms with Gasteiger partial charge in [-0.3, -0.25) is 4.79 Å². The third kappa shape index (κ3) is 4.60. The molecule has 0 aliphatic carbocycles. The fourth-order valence-corrected chi connectivity index (χ4v) is 4.31. The zero-order valence-corrected chi connectivity index (χ0v) is 19.7. The lowest BCUT2D eigenvalue weighted by Gasteiger charge is -2.08. The van der Waals surface area contributed by atoms with Crippen LogP contribution in [0.5, 0.6) is 17.2 Å². The molecule has 1 amide bonds. The summed E-state index contributed by atoms with van der Waals surface area (Å²) in [6.45, 7) is 4.89. The van der Waals surface area contributed by atoms with Crippen LogP contribution in [0.4, 0.5) is 5.82 Å². The maximum Gasteiger partial charge on any atom is 0.256 e. The number of thiazole rings is 1. The van der Waals surface area contributed by atoms with Crippen LogP contribution in [-0.4, -0.2) is 34.1 Å². The Morgan fingerprint density at radius 2 is 1.97 bits per heavy atom. The number of nitrogens with zero attached hydrogens (tertiary/aromatic N) is 3. The Morgan fingerprint density at radius 3 is 2.79 bits per heavy atom. The number of anilines is 1. The van der Waals surface area contributed by atoms with Gasteiger partial charge >= 0.3 is 0 Å². The Morgan fingerprint density at radius 1 is 1.15 bits per heavy atom. The molecule has 2 aromatic heterocycles. The molecule has 0 spiro atoms. The number of fused-ring (bicyclic) bond motifs is 1. The Hall–Kier alpha value is -3.85. The summed E-state index contributed by atoms with van der Waals surface area (Å²) in [5.41, 5.74) is 3.02. The number of aryl methyl sites for hydroxylation is 1. The highest BCUT2D eigenvalue weighted by Gasteiger charge is 2.18. The van der Waals surface area contributed by atoms with Gasteiger partial charge in [-0.05, 0) is 55.8 Å². The number of benzene rings is 2. The standard InChI is InChI=1S/C25H24N4O4S/c1-3-4-11-31-19-8-5-17(6-9-19)24(30)27-23-12-16(2)28-29(23)25-26-20(14-34-25)18-7-10-21-22(13-18)33-15-32-21/h5-10,12-14H,3-4,11,15H2,1-2H3,(H,27,30). The Bertz CT molecular complexity index is 1310. The molecule has 9 heteroatoms. The first-order valence-electron chi connectivity index (χ1n) is 11.1. The summed E-state index contributed by atoms with van der Waals surface area (Å²) in [6, 6.07) is 14.7. The minimum absolute atomic E-state index is 0.228. The van der Waals surface area contributed by atoms with Crippen molar-refractivity contribution in [3.8, 4) is 33.6 Å². The Balaban J connectivity index is 1.33. The summed E-state index contributed by atoms with van der Waals surface area (Å²) in [5.74, 6) is 2.51. The van der Waals surface area contributed by atoms with Crippen LogP contribution in [0.3, 0.4) is 0 Å². The Labute approximate surface area is 201 Å². The molecule has 0 saturated carbocycles. The molecule has 174 valence electrons. The van der Waals surface area contributed by atoms with Crippen LogP contribution in [-0.2, 0) is 0 Å². The fraction of sp³-hybridized carbons (Fsp3) is 0.240. The van der Waals surface area contributed by atoms with Gasteiger partial charge in [0.15, 0.2) is 11.5 Å². The van der Waals surface area contributed by atoms with Crippen molar-refractivity contribution in [3.05, 3.63) is 65.2 Å². The molecule has 1 N–H and O–H groups in total. The maximum absolute atomic E-state index is 12.9. The summed E-state index contributed by atoms with van der Waals surface area (Å²) >= 11 is 1.44. The van der Waals surface area contributed by atoms with E-state index in [2.05, 4.69) is 17.3 Å². The van der Waals surface area contributed by atoms with Crippen LogP contribution in [0.1, 0.15) is 35.8 Å². The van der Waals surface area contributed by atoms with Gasteiger partial charge in [-0.1, -0.05) is 13.3 Å². The number of hydrogen-bond donors (Lipinski definition) is 1. The molecule has 0 fully saturated rings. The van der Waals surface area contributed by atoms with Gasteiger partial charge in [-0.2, -0.15) is 9.78 Å². The molecule has 0 atom stereocenters. The van der Waals surface area contributed by atoms with Crippen LogP contribution >= 0.6 is 11.3 Å². The fourth-order valence-electron chi connectivity index (χ4n) is 3.51. The molecule has 0 radical (unpaired) electrons. The van der Waals surface area contributed by atoms with Crippen molar-refractivity contribution in [1.82, 2.24) is 14.8 Å². The lowest BCUT2D eigenvalue weighted by molar-refractivity contribution is 0.102. The van der Waals surface area contributed by atoms with E-state index in [1.165, 1.54) is 11.3 Å². The molecule has 8 nitrogen and oxygen atoms in total. The van der Waals surface area contributed by atoms with Crippen molar-refractivity contribution < 1.29 is 19.0 Å². The lowest BCUT2D eigenvalue weighted by atomic mass is 10.1. The van der Waals surface area contributed by atoms with Gasteiger partial charge in [0.25, 0.3) is 5.91 Å². The molecule has 2 aromatic carbocycles. The summed E-state index contributed by atoms with van der Waals surface area (Å²) < 4.78 is 18.2. The van der Waals surface area contributed by atoms with E-state index in [1.54, 1.807) is 16.8 Å². The van der Waals surface area contributed by atoms with Crippen LogP contribution in [0.15, 0.2) is 53.9 Å². The first kappa shape index (κ1) is 22.0. The van der Waals surface area contributed by atoms with Gasteiger partial charge in [0.1, 0.15) is 11.6 Å². The molecule has 1 aliphatic rings. The van der Waals surface area contributed by atoms with E-state index < -0.39 is 0 Å². The summed E-state index contributed by atoms with van der Waals surface area (Å²) in [7, 11) is 0. The van der Waals surface area contributed by atoms with Crippen molar-refractivity contribution in [3.63, 3.8) is 0 Å². The van der Waals surface area contributed by atoms with Crippen LogP contribution < -0.4 is 19.5 Å². The third-order valence-corrected chi connectivity index (χ3v) is 6.11. The number of rotatable bonds is 8. The van der Waals surface area contributed by atoms with Gasteiger partial charge in [0.2, 0.25) is 11.9 Å². The molecule has 0 bridgehead atoms. The predicted octanol–water partition coefficient (Wildman–Crippen LogP) is 5.46. The Kier molecular flexibility index (Phi) is 6.18. The maximum atomic E-state index is 12.9. The first-order chi connectivity index (χ1) is 16.6. The first-order valence-corrected chi connectivity index (χ1v) is 12.0. The van der Waals surface area contributed by atoms with Gasteiger partial charge in [0, 0.05) is 22.6 Å². The van der Waals surface area contributed by atoms with Crippen molar-refractivity contribution in [2.45, 2.75) is 26.7 Å². The molecule has 3 heterocycles.